The Balaban J connectivity index is 1.54. The molecule has 1 saturated heterocycles. The zero-order chi connectivity index (χ0) is 19.7. The fourth-order valence-corrected chi connectivity index (χ4v) is 3.78. The summed E-state index contributed by atoms with van der Waals surface area (Å²) in [6.07, 6.45) is 3.67. The first-order chi connectivity index (χ1) is 13.6. The minimum atomic E-state index is -1.20. The number of hydrogen-bond donors (Lipinski definition) is 3. The lowest BCUT2D eigenvalue weighted by atomic mass is 10.1. The van der Waals surface area contributed by atoms with Gasteiger partial charge in [0.15, 0.2) is 23.2 Å². The third-order valence-electron chi connectivity index (χ3n) is 5.36. The summed E-state index contributed by atoms with van der Waals surface area (Å²) in [5.74, 6) is 0.259. The first kappa shape index (κ1) is 19.0. The molecule has 10 heteroatoms. The summed E-state index contributed by atoms with van der Waals surface area (Å²) in [6.45, 7) is 1.55. The Labute approximate surface area is 161 Å². The molecular formula is C18H25N5O5. The third-order valence-corrected chi connectivity index (χ3v) is 5.36. The van der Waals surface area contributed by atoms with Gasteiger partial charge < -0.3 is 25.0 Å². The number of hydrogen-bond acceptors (Lipinski definition) is 9. The Bertz CT molecular complexity index is 837. The number of esters is 1. The molecule has 2 fully saturated rings. The zero-order valence-electron chi connectivity index (χ0n) is 15.7. The Kier molecular flexibility index (Phi) is 5.42. The summed E-state index contributed by atoms with van der Waals surface area (Å²) in [5, 5.41) is 24.2. The SMILES string of the molecule is CCC(=O)OC[C@H]1O[C@@H](n2cnc3c(NC4CCCC4)ncnc32)[C@H](O)[C@@H]1O. The average molecular weight is 391 g/mol. The van der Waals surface area contributed by atoms with Crippen molar-refractivity contribution < 1.29 is 24.5 Å². The second-order valence-electron chi connectivity index (χ2n) is 7.25. The van der Waals surface area contributed by atoms with E-state index in [4.69, 9.17) is 9.47 Å². The zero-order valence-corrected chi connectivity index (χ0v) is 15.7. The lowest BCUT2D eigenvalue weighted by Gasteiger charge is -2.17. The highest BCUT2D eigenvalue weighted by Gasteiger charge is 2.45. The van der Waals surface area contributed by atoms with E-state index in [0.29, 0.717) is 23.0 Å². The molecule has 1 aliphatic carbocycles. The smallest absolute Gasteiger partial charge is 0.305 e. The van der Waals surface area contributed by atoms with E-state index in [1.54, 1.807) is 11.5 Å². The van der Waals surface area contributed by atoms with Gasteiger partial charge >= 0.3 is 5.97 Å². The van der Waals surface area contributed by atoms with Gasteiger partial charge in [-0.15, -0.1) is 0 Å². The molecule has 0 spiro atoms. The van der Waals surface area contributed by atoms with E-state index in [0.717, 1.165) is 12.8 Å². The normalized spacial score (nSPS) is 28.1. The Morgan fingerprint density at radius 2 is 2.07 bits per heavy atom. The first-order valence-electron chi connectivity index (χ1n) is 9.69. The topological polar surface area (TPSA) is 132 Å². The average Bonchev–Trinajstić information content (AvgIpc) is 3.42. The molecule has 3 N–H and O–H groups in total. The molecule has 28 heavy (non-hydrogen) atoms. The van der Waals surface area contributed by atoms with Gasteiger partial charge in [0.1, 0.15) is 31.2 Å². The molecule has 3 heterocycles. The summed E-state index contributed by atoms with van der Waals surface area (Å²) < 4.78 is 12.4. The van der Waals surface area contributed by atoms with E-state index in [1.807, 2.05) is 0 Å². The van der Waals surface area contributed by atoms with Crippen LogP contribution < -0.4 is 5.32 Å². The summed E-state index contributed by atoms with van der Waals surface area (Å²) in [6, 6.07) is 0.371. The molecule has 10 nitrogen and oxygen atoms in total. The first-order valence-corrected chi connectivity index (χ1v) is 9.69. The molecule has 4 rings (SSSR count). The van der Waals surface area contributed by atoms with Gasteiger partial charge in [-0.2, -0.15) is 0 Å². The number of nitrogens with one attached hydrogen (secondary N) is 1. The number of aliphatic hydroxyl groups excluding tert-OH is 2. The molecule has 2 aromatic rings. The Morgan fingerprint density at radius 3 is 2.82 bits per heavy atom. The fraction of sp³-hybridized carbons (Fsp3) is 0.667. The number of carbonyl (C=O) groups is 1. The molecule has 2 aliphatic rings. The van der Waals surface area contributed by atoms with Crippen LogP contribution in [0.5, 0.6) is 0 Å². The van der Waals surface area contributed by atoms with E-state index in [9.17, 15) is 15.0 Å². The van der Waals surface area contributed by atoms with Crippen LogP contribution in [0.2, 0.25) is 0 Å². The molecule has 0 radical (unpaired) electrons. The lowest BCUT2D eigenvalue weighted by molar-refractivity contribution is -0.149. The Hall–Kier alpha value is -2.30. The fourth-order valence-electron chi connectivity index (χ4n) is 3.78. The summed E-state index contributed by atoms with van der Waals surface area (Å²) in [4.78, 5) is 24.3. The molecule has 4 atom stereocenters. The molecular weight excluding hydrogens is 366 g/mol. The summed E-state index contributed by atoms with van der Waals surface area (Å²) in [5.41, 5.74) is 1.08. The predicted octanol–water partition coefficient (Wildman–Crippen LogP) is 0.753. The van der Waals surface area contributed by atoms with Crippen LogP contribution in [0.4, 0.5) is 5.82 Å². The van der Waals surface area contributed by atoms with Gasteiger partial charge in [-0.05, 0) is 12.8 Å². The minimum Gasteiger partial charge on any atom is -0.463 e. The monoisotopic (exact) mass is 391 g/mol. The second kappa shape index (κ2) is 7.98. The molecule has 0 amide bonds. The number of fused-ring (bicyclic) bond motifs is 1. The number of nitrogens with zero attached hydrogens (tertiary/aromatic N) is 4. The number of anilines is 1. The van der Waals surface area contributed by atoms with E-state index >= 15 is 0 Å². The van der Waals surface area contributed by atoms with Crippen LogP contribution in [0.15, 0.2) is 12.7 Å². The van der Waals surface area contributed by atoms with E-state index in [-0.39, 0.29) is 13.0 Å². The van der Waals surface area contributed by atoms with Gasteiger partial charge in [-0.3, -0.25) is 9.36 Å². The predicted molar refractivity (Wildman–Crippen MR) is 98.4 cm³/mol. The maximum absolute atomic E-state index is 11.4. The Morgan fingerprint density at radius 1 is 1.29 bits per heavy atom. The molecule has 1 saturated carbocycles. The highest BCUT2D eigenvalue weighted by atomic mass is 16.6. The van der Waals surface area contributed by atoms with Crippen LogP contribution in [-0.4, -0.2) is 66.7 Å². The van der Waals surface area contributed by atoms with Crippen molar-refractivity contribution in [2.24, 2.45) is 0 Å². The maximum atomic E-state index is 11.4. The van der Waals surface area contributed by atoms with Crippen LogP contribution in [0.1, 0.15) is 45.3 Å². The standard InChI is InChI=1S/C18H25N5O5/c1-2-12(24)27-7-11-14(25)15(26)18(28-11)23-9-21-13-16(19-8-20-17(13)23)22-10-5-3-4-6-10/h8-11,14-15,18,25-26H,2-7H2,1H3,(H,19,20,22)/t11-,14-,15-,18-/m1/s1. The van der Waals surface area contributed by atoms with Crippen molar-refractivity contribution in [2.75, 3.05) is 11.9 Å². The number of carbonyl (C=O) groups excluding carboxylic acids is 1. The van der Waals surface area contributed by atoms with Crippen molar-refractivity contribution in [1.82, 2.24) is 19.5 Å². The third kappa shape index (κ3) is 3.54. The quantitative estimate of drug-likeness (QED) is 0.610. The highest BCUT2D eigenvalue weighted by molar-refractivity contribution is 5.82. The van der Waals surface area contributed by atoms with Crippen LogP contribution >= 0.6 is 0 Å². The molecule has 1 aliphatic heterocycles. The van der Waals surface area contributed by atoms with Gasteiger partial charge in [-0.25, -0.2) is 15.0 Å². The van der Waals surface area contributed by atoms with Crippen molar-refractivity contribution >= 4 is 23.0 Å². The number of aliphatic hydroxyl groups is 2. The van der Waals surface area contributed by atoms with Gasteiger partial charge in [0.25, 0.3) is 0 Å². The van der Waals surface area contributed by atoms with Crippen LogP contribution in [0.3, 0.4) is 0 Å². The summed E-state index contributed by atoms with van der Waals surface area (Å²) >= 11 is 0. The van der Waals surface area contributed by atoms with Crippen molar-refractivity contribution in [3.05, 3.63) is 12.7 Å². The van der Waals surface area contributed by atoms with Crippen LogP contribution in [0.25, 0.3) is 11.2 Å². The van der Waals surface area contributed by atoms with Gasteiger partial charge in [0.2, 0.25) is 0 Å². The molecule has 0 unspecified atom stereocenters. The number of aromatic nitrogens is 4. The van der Waals surface area contributed by atoms with Crippen molar-refractivity contribution in [3.8, 4) is 0 Å². The summed E-state index contributed by atoms with van der Waals surface area (Å²) in [7, 11) is 0. The highest BCUT2D eigenvalue weighted by Crippen LogP contribution is 2.33. The van der Waals surface area contributed by atoms with Gasteiger partial charge in [0, 0.05) is 12.5 Å². The minimum absolute atomic E-state index is 0.127. The maximum Gasteiger partial charge on any atom is 0.305 e. The molecule has 0 bridgehead atoms. The van der Waals surface area contributed by atoms with E-state index in [1.165, 1.54) is 25.5 Å². The largest absolute Gasteiger partial charge is 0.463 e. The lowest BCUT2D eigenvalue weighted by Crippen LogP contribution is -2.34. The van der Waals surface area contributed by atoms with Crippen molar-refractivity contribution in [3.63, 3.8) is 0 Å². The van der Waals surface area contributed by atoms with E-state index in [2.05, 4.69) is 20.3 Å². The van der Waals surface area contributed by atoms with E-state index < -0.39 is 30.5 Å². The van der Waals surface area contributed by atoms with Gasteiger partial charge in [0.05, 0.1) is 6.33 Å². The van der Waals surface area contributed by atoms with Crippen molar-refractivity contribution in [2.45, 2.75) is 69.6 Å². The van der Waals surface area contributed by atoms with Crippen molar-refractivity contribution in [1.29, 1.82) is 0 Å². The molecule has 152 valence electrons. The van der Waals surface area contributed by atoms with Crippen LogP contribution in [0, 0.1) is 0 Å². The number of imidazole rings is 1. The second-order valence-corrected chi connectivity index (χ2v) is 7.25. The molecule has 2 aromatic heterocycles. The number of rotatable bonds is 6. The molecule has 0 aromatic carbocycles. The van der Waals surface area contributed by atoms with Gasteiger partial charge in [-0.1, -0.05) is 19.8 Å². The van der Waals surface area contributed by atoms with Crippen LogP contribution in [-0.2, 0) is 14.3 Å². The number of ether oxygens (including phenoxy) is 2.